The van der Waals surface area contributed by atoms with E-state index in [1.54, 1.807) is 36.4 Å². The Balaban J connectivity index is 2.10. The normalized spacial score (nSPS) is 15.5. The zero-order chi connectivity index (χ0) is 15.7. The predicted octanol–water partition coefficient (Wildman–Crippen LogP) is 2.21. The molecule has 3 rings (SSSR count). The van der Waals surface area contributed by atoms with Gasteiger partial charge in [-0.05, 0) is 30.3 Å². The second-order valence-electron chi connectivity index (χ2n) is 4.76. The molecule has 1 heterocycles. The SMILES string of the molecule is COc1ccc2c(c1)/C(=C/S(=O)(=O)c1ccccc1)NC2=O. The Labute approximate surface area is 128 Å². The average Bonchev–Trinajstić information content (AvgIpc) is 2.83. The van der Waals surface area contributed by atoms with E-state index in [0.717, 1.165) is 5.41 Å². The number of hydrogen-bond donors (Lipinski definition) is 1. The number of amides is 1. The Hall–Kier alpha value is -2.60. The molecule has 5 nitrogen and oxygen atoms in total. The maximum Gasteiger partial charge on any atom is 0.256 e. The van der Waals surface area contributed by atoms with Crippen LogP contribution in [0.25, 0.3) is 5.70 Å². The average molecular weight is 315 g/mol. The first-order valence-electron chi connectivity index (χ1n) is 6.53. The number of ether oxygens (including phenoxy) is 1. The van der Waals surface area contributed by atoms with E-state index in [9.17, 15) is 13.2 Å². The predicted molar refractivity (Wildman–Crippen MR) is 82.1 cm³/mol. The van der Waals surface area contributed by atoms with Crippen LogP contribution in [0.1, 0.15) is 15.9 Å². The molecule has 0 bridgehead atoms. The number of methoxy groups -OCH3 is 1. The lowest BCUT2D eigenvalue weighted by Crippen LogP contribution is -2.13. The number of fused-ring (bicyclic) bond motifs is 1. The largest absolute Gasteiger partial charge is 0.497 e. The molecule has 2 aromatic carbocycles. The summed E-state index contributed by atoms with van der Waals surface area (Å²) < 4.78 is 29.9. The monoisotopic (exact) mass is 315 g/mol. The molecule has 0 radical (unpaired) electrons. The van der Waals surface area contributed by atoms with Gasteiger partial charge < -0.3 is 10.1 Å². The van der Waals surface area contributed by atoms with Crippen molar-refractivity contribution in [2.45, 2.75) is 4.90 Å². The van der Waals surface area contributed by atoms with E-state index >= 15 is 0 Å². The van der Waals surface area contributed by atoms with E-state index < -0.39 is 9.84 Å². The minimum atomic E-state index is -3.65. The summed E-state index contributed by atoms with van der Waals surface area (Å²) in [4.78, 5) is 12.1. The van der Waals surface area contributed by atoms with E-state index in [2.05, 4.69) is 5.32 Å². The fourth-order valence-corrected chi connectivity index (χ4v) is 3.42. The van der Waals surface area contributed by atoms with Crippen LogP contribution in [0.15, 0.2) is 58.8 Å². The van der Waals surface area contributed by atoms with Crippen LogP contribution in [0, 0.1) is 0 Å². The van der Waals surface area contributed by atoms with Crippen LogP contribution in [-0.2, 0) is 9.84 Å². The van der Waals surface area contributed by atoms with Gasteiger partial charge in [-0.15, -0.1) is 0 Å². The number of hydrogen-bond acceptors (Lipinski definition) is 4. The standard InChI is InChI=1S/C16H13NO4S/c1-21-11-7-8-13-14(9-11)15(17-16(13)18)10-22(19,20)12-5-3-2-4-6-12/h2-10H,1H3,(H,17,18)/b15-10-. The summed E-state index contributed by atoms with van der Waals surface area (Å²) in [6.45, 7) is 0. The number of sulfone groups is 1. The Morgan fingerprint density at radius 2 is 1.77 bits per heavy atom. The second kappa shape index (κ2) is 5.31. The van der Waals surface area contributed by atoms with Gasteiger partial charge in [0.15, 0.2) is 0 Å². The van der Waals surface area contributed by atoms with Crippen molar-refractivity contribution in [3.8, 4) is 5.75 Å². The Kier molecular flexibility index (Phi) is 3.46. The van der Waals surface area contributed by atoms with Crippen molar-refractivity contribution < 1.29 is 17.9 Å². The molecule has 0 saturated carbocycles. The molecule has 22 heavy (non-hydrogen) atoms. The van der Waals surface area contributed by atoms with Gasteiger partial charge in [0, 0.05) is 11.1 Å². The number of benzene rings is 2. The van der Waals surface area contributed by atoms with Gasteiger partial charge in [-0.1, -0.05) is 18.2 Å². The summed E-state index contributed by atoms with van der Waals surface area (Å²) in [6.07, 6.45) is 0. The van der Waals surface area contributed by atoms with Crippen LogP contribution in [0.4, 0.5) is 0 Å². The number of carbonyl (C=O) groups is 1. The van der Waals surface area contributed by atoms with Crippen LogP contribution in [0.5, 0.6) is 5.75 Å². The molecule has 112 valence electrons. The lowest BCUT2D eigenvalue weighted by atomic mass is 10.1. The van der Waals surface area contributed by atoms with Crippen molar-refractivity contribution in [1.29, 1.82) is 0 Å². The molecule has 0 spiro atoms. The molecule has 0 atom stereocenters. The molecule has 0 aliphatic carbocycles. The molecule has 2 aromatic rings. The van der Waals surface area contributed by atoms with Gasteiger partial charge >= 0.3 is 0 Å². The smallest absolute Gasteiger partial charge is 0.256 e. The first-order valence-corrected chi connectivity index (χ1v) is 8.07. The highest BCUT2D eigenvalue weighted by Gasteiger charge is 2.26. The quantitative estimate of drug-likeness (QED) is 0.942. The maximum atomic E-state index is 12.4. The minimum absolute atomic E-state index is 0.174. The van der Waals surface area contributed by atoms with Gasteiger partial charge in [0.25, 0.3) is 5.91 Å². The topological polar surface area (TPSA) is 72.5 Å². The van der Waals surface area contributed by atoms with Gasteiger partial charge in [-0.2, -0.15) is 0 Å². The summed E-state index contributed by atoms with van der Waals surface area (Å²) in [7, 11) is -2.14. The summed E-state index contributed by atoms with van der Waals surface area (Å²) in [5.74, 6) is 0.227. The van der Waals surface area contributed by atoms with E-state index in [1.807, 2.05) is 0 Å². The highest BCUT2D eigenvalue weighted by molar-refractivity contribution is 7.94. The molecule has 0 fully saturated rings. The van der Waals surface area contributed by atoms with Crippen LogP contribution < -0.4 is 10.1 Å². The lowest BCUT2D eigenvalue weighted by Gasteiger charge is -2.04. The summed E-state index contributed by atoms with van der Waals surface area (Å²) >= 11 is 0. The molecular weight excluding hydrogens is 302 g/mol. The number of nitrogens with one attached hydrogen (secondary N) is 1. The van der Waals surface area contributed by atoms with E-state index in [-0.39, 0.29) is 16.5 Å². The Bertz CT molecular complexity index is 870. The molecule has 1 aliphatic rings. The highest BCUT2D eigenvalue weighted by atomic mass is 32.2. The lowest BCUT2D eigenvalue weighted by molar-refractivity contribution is 0.0981. The first kappa shape index (κ1) is 14.3. The van der Waals surface area contributed by atoms with Gasteiger partial charge in [-0.3, -0.25) is 4.79 Å². The highest BCUT2D eigenvalue weighted by Crippen LogP contribution is 2.29. The number of rotatable bonds is 3. The van der Waals surface area contributed by atoms with E-state index in [0.29, 0.717) is 16.9 Å². The third-order valence-electron chi connectivity index (χ3n) is 3.35. The Morgan fingerprint density at radius 1 is 1.05 bits per heavy atom. The second-order valence-corrected chi connectivity index (χ2v) is 6.55. The fourth-order valence-electron chi connectivity index (χ4n) is 2.25. The van der Waals surface area contributed by atoms with Gasteiger partial charge in [0.2, 0.25) is 9.84 Å². The van der Waals surface area contributed by atoms with Crippen molar-refractivity contribution in [2.24, 2.45) is 0 Å². The molecule has 0 aromatic heterocycles. The third-order valence-corrected chi connectivity index (χ3v) is 4.83. The van der Waals surface area contributed by atoms with Crippen molar-refractivity contribution in [1.82, 2.24) is 5.32 Å². The third kappa shape index (κ3) is 2.48. The maximum absolute atomic E-state index is 12.4. The van der Waals surface area contributed by atoms with Gasteiger partial charge in [0.1, 0.15) is 5.75 Å². The molecule has 1 N–H and O–H groups in total. The number of carbonyl (C=O) groups excluding carboxylic acids is 1. The van der Waals surface area contributed by atoms with Crippen molar-refractivity contribution in [3.63, 3.8) is 0 Å². The van der Waals surface area contributed by atoms with Gasteiger partial charge in [-0.25, -0.2) is 8.42 Å². The molecule has 1 amide bonds. The molecule has 0 unspecified atom stereocenters. The summed E-state index contributed by atoms with van der Waals surface area (Å²) in [6, 6.07) is 13.0. The zero-order valence-corrected chi connectivity index (χ0v) is 12.6. The van der Waals surface area contributed by atoms with Crippen LogP contribution >= 0.6 is 0 Å². The molecule has 1 aliphatic heterocycles. The van der Waals surface area contributed by atoms with Crippen molar-refractivity contribution >= 4 is 21.4 Å². The molecule has 0 saturated heterocycles. The van der Waals surface area contributed by atoms with E-state index in [4.69, 9.17) is 4.74 Å². The summed E-state index contributed by atoms with van der Waals surface area (Å²) in [5.41, 5.74) is 1.20. The van der Waals surface area contributed by atoms with Crippen LogP contribution in [0.2, 0.25) is 0 Å². The van der Waals surface area contributed by atoms with Crippen LogP contribution in [0.3, 0.4) is 0 Å². The minimum Gasteiger partial charge on any atom is -0.497 e. The molecular formula is C16H13NO4S. The van der Waals surface area contributed by atoms with Crippen LogP contribution in [-0.4, -0.2) is 21.4 Å². The molecule has 6 heteroatoms. The van der Waals surface area contributed by atoms with Crippen molar-refractivity contribution in [2.75, 3.05) is 7.11 Å². The first-order chi connectivity index (χ1) is 10.5. The Morgan fingerprint density at radius 3 is 2.45 bits per heavy atom. The van der Waals surface area contributed by atoms with E-state index in [1.165, 1.54) is 19.2 Å². The fraction of sp³-hybridized carbons (Fsp3) is 0.0625. The summed E-state index contributed by atoms with van der Waals surface area (Å²) in [5, 5.41) is 3.66. The van der Waals surface area contributed by atoms with Gasteiger partial charge in [0.05, 0.1) is 23.1 Å². The zero-order valence-electron chi connectivity index (χ0n) is 11.7. The van der Waals surface area contributed by atoms with Crippen molar-refractivity contribution in [3.05, 3.63) is 65.1 Å².